The number of amides is 1. The molecular weight excluding hydrogens is 316 g/mol. The summed E-state index contributed by atoms with van der Waals surface area (Å²) < 4.78 is 1.16. The molecule has 3 nitrogen and oxygen atoms in total. The highest BCUT2D eigenvalue weighted by atomic mass is 79.9. The second kappa shape index (κ2) is 5.86. The van der Waals surface area contributed by atoms with Crippen LogP contribution in [-0.4, -0.2) is 11.9 Å². The lowest BCUT2D eigenvalue weighted by atomic mass is 9.85. The van der Waals surface area contributed by atoms with Gasteiger partial charge < -0.3 is 11.1 Å². The van der Waals surface area contributed by atoms with Gasteiger partial charge in [-0.1, -0.05) is 34.5 Å². The van der Waals surface area contributed by atoms with Crippen LogP contribution in [0.15, 0.2) is 22.7 Å². The van der Waals surface area contributed by atoms with Gasteiger partial charge in [0.15, 0.2) is 0 Å². The normalized spacial score (nSPS) is 29.0. The number of benzene rings is 1. The van der Waals surface area contributed by atoms with E-state index in [1.165, 1.54) is 11.1 Å². The van der Waals surface area contributed by atoms with Gasteiger partial charge in [-0.3, -0.25) is 4.79 Å². The van der Waals surface area contributed by atoms with E-state index >= 15 is 0 Å². The number of carbonyl (C=O) groups excluding carboxylic acids is 1. The smallest absolute Gasteiger partial charge is 0.223 e. The Labute approximate surface area is 128 Å². The number of carbonyl (C=O) groups is 1. The molecule has 1 aromatic rings. The molecule has 0 aromatic heterocycles. The number of rotatable bonds is 2. The minimum atomic E-state index is 0.106. The van der Waals surface area contributed by atoms with Crippen LogP contribution in [0.2, 0.25) is 0 Å². The molecule has 0 radical (unpaired) electrons. The van der Waals surface area contributed by atoms with E-state index in [0.29, 0.717) is 0 Å². The molecule has 0 spiro atoms. The summed E-state index contributed by atoms with van der Waals surface area (Å²) >= 11 is 3.60. The van der Waals surface area contributed by atoms with Gasteiger partial charge in [-0.2, -0.15) is 0 Å². The number of hydrogen-bond acceptors (Lipinski definition) is 2. The van der Waals surface area contributed by atoms with Gasteiger partial charge in [0.1, 0.15) is 0 Å². The third kappa shape index (κ3) is 2.77. The Hall–Kier alpha value is -0.870. The number of nitrogens with two attached hydrogens (primary N) is 1. The monoisotopic (exact) mass is 336 g/mol. The first-order valence-electron chi connectivity index (χ1n) is 7.48. The molecular formula is C16H21BrN2O. The van der Waals surface area contributed by atoms with Gasteiger partial charge >= 0.3 is 0 Å². The molecule has 3 rings (SSSR count). The molecule has 108 valence electrons. The Bertz CT molecular complexity index is 517. The van der Waals surface area contributed by atoms with Crippen LogP contribution >= 0.6 is 15.9 Å². The molecule has 3 N–H and O–H groups in total. The molecule has 0 saturated heterocycles. The van der Waals surface area contributed by atoms with E-state index in [1.54, 1.807) is 0 Å². The Morgan fingerprint density at radius 3 is 2.95 bits per heavy atom. The molecule has 2 aliphatic carbocycles. The fraction of sp³-hybridized carbons (Fsp3) is 0.562. The highest BCUT2D eigenvalue weighted by Gasteiger charge is 2.30. The van der Waals surface area contributed by atoms with Crippen molar-refractivity contribution in [1.29, 1.82) is 0 Å². The van der Waals surface area contributed by atoms with Crippen LogP contribution in [0.5, 0.6) is 0 Å². The lowest BCUT2D eigenvalue weighted by Gasteiger charge is -2.27. The highest BCUT2D eigenvalue weighted by Crippen LogP contribution is 2.36. The molecule has 1 fully saturated rings. The molecule has 1 aromatic carbocycles. The number of hydrogen-bond donors (Lipinski definition) is 2. The van der Waals surface area contributed by atoms with Crippen LogP contribution in [0.3, 0.4) is 0 Å². The van der Waals surface area contributed by atoms with E-state index in [1.807, 2.05) is 6.07 Å². The molecule has 0 bridgehead atoms. The van der Waals surface area contributed by atoms with Gasteiger partial charge in [0.05, 0.1) is 6.04 Å². The predicted octanol–water partition coefficient (Wildman–Crippen LogP) is 3.07. The number of fused-ring (bicyclic) bond motifs is 1. The van der Waals surface area contributed by atoms with Crippen LogP contribution < -0.4 is 11.1 Å². The molecule has 0 heterocycles. The Kier molecular flexibility index (Phi) is 4.13. The van der Waals surface area contributed by atoms with Crippen molar-refractivity contribution in [3.8, 4) is 0 Å². The summed E-state index contributed by atoms with van der Waals surface area (Å²) in [6.45, 7) is 0. The van der Waals surface area contributed by atoms with E-state index in [9.17, 15) is 4.79 Å². The zero-order valence-corrected chi connectivity index (χ0v) is 13.2. The van der Waals surface area contributed by atoms with Gasteiger partial charge in [0.2, 0.25) is 5.91 Å². The van der Waals surface area contributed by atoms with Crippen molar-refractivity contribution in [3.05, 3.63) is 33.8 Å². The molecule has 1 amide bonds. The fourth-order valence-electron chi connectivity index (χ4n) is 3.51. The van der Waals surface area contributed by atoms with Crippen molar-refractivity contribution in [2.24, 2.45) is 11.7 Å². The fourth-order valence-corrected chi connectivity index (χ4v) is 4.09. The third-order valence-corrected chi connectivity index (χ3v) is 5.36. The Morgan fingerprint density at radius 2 is 2.15 bits per heavy atom. The van der Waals surface area contributed by atoms with Gasteiger partial charge in [-0.25, -0.2) is 0 Å². The predicted molar refractivity (Wildman–Crippen MR) is 83.3 cm³/mol. The standard InChI is InChI=1S/C16H21BrN2O/c17-14-6-2-5-13-12(14)7-8-15(13)19-16(20)10-3-1-4-11(18)9-10/h2,5-6,10-11,15H,1,3-4,7-9,18H2,(H,19,20). The van der Waals surface area contributed by atoms with Gasteiger partial charge in [-0.05, 0) is 49.3 Å². The van der Waals surface area contributed by atoms with E-state index in [0.717, 1.165) is 43.0 Å². The summed E-state index contributed by atoms with van der Waals surface area (Å²) in [7, 11) is 0. The van der Waals surface area contributed by atoms with Gasteiger partial charge in [-0.15, -0.1) is 0 Å². The summed E-state index contributed by atoms with van der Waals surface area (Å²) in [5, 5.41) is 3.24. The quantitative estimate of drug-likeness (QED) is 0.871. The lowest BCUT2D eigenvalue weighted by Crippen LogP contribution is -2.38. The minimum Gasteiger partial charge on any atom is -0.349 e. The van der Waals surface area contributed by atoms with Gasteiger partial charge in [0.25, 0.3) is 0 Å². The second-order valence-corrected chi connectivity index (χ2v) is 6.89. The zero-order valence-electron chi connectivity index (χ0n) is 11.6. The van der Waals surface area contributed by atoms with Crippen molar-refractivity contribution in [1.82, 2.24) is 5.32 Å². The summed E-state index contributed by atoms with van der Waals surface area (Å²) in [5.74, 6) is 0.299. The number of halogens is 1. The first-order chi connectivity index (χ1) is 9.65. The van der Waals surface area contributed by atoms with E-state index in [-0.39, 0.29) is 23.9 Å². The maximum absolute atomic E-state index is 12.4. The molecule has 3 atom stereocenters. The van der Waals surface area contributed by atoms with Crippen LogP contribution in [0.1, 0.15) is 49.3 Å². The molecule has 4 heteroatoms. The highest BCUT2D eigenvalue weighted by molar-refractivity contribution is 9.10. The summed E-state index contributed by atoms with van der Waals surface area (Å²) in [4.78, 5) is 12.4. The summed E-state index contributed by atoms with van der Waals surface area (Å²) in [6.07, 6.45) is 5.99. The molecule has 1 saturated carbocycles. The van der Waals surface area contributed by atoms with Crippen LogP contribution in [0.25, 0.3) is 0 Å². The van der Waals surface area contributed by atoms with E-state index in [4.69, 9.17) is 5.73 Å². The third-order valence-electron chi connectivity index (χ3n) is 4.62. The van der Waals surface area contributed by atoms with Crippen molar-refractivity contribution in [3.63, 3.8) is 0 Å². The van der Waals surface area contributed by atoms with Crippen molar-refractivity contribution in [2.75, 3.05) is 0 Å². The minimum absolute atomic E-state index is 0.106. The van der Waals surface area contributed by atoms with Crippen LogP contribution in [0.4, 0.5) is 0 Å². The van der Waals surface area contributed by atoms with E-state index in [2.05, 4.69) is 33.4 Å². The average Bonchev–Trinajstić information content (AvgIpc) is 2.83. The van der Waals surface area contributed by atoms with Crippen molar-refractivity contribution >= 4 is 21.8 Å². The lowest BCUT2D eigenvalue weighted by molar-refractivity contribution is -0.126. The topological polar surface area (TPSA) is 55.1 Å². The second-order valence-electron chi connectivity index (χ2n) is 6.03. The van der Waals surface area contributed by atoms with Gasteiger partial charge in [0, 0.05) is 16.4 Å². The Balaban J connectivity index is 1.68. The maximum atomic E-state index is 12.4. The summed E-state index contributed by atoms with van der Waals surface area (Å²) in [6, 6.07) is 6.62. The first kappa shape index (κ1) is 14.1. The van der Waals surface area contributed by atoms with Crippen molar-refractivity contribution in [2.45, 2.75) is 50.6 Å². The molecule has 20 heavy (non-hydrogen) atoms. The average molecular weight is 337 g/mol. The number of nitrogens with one attached hydrogen (secondary N) is 1. The first-order valence-corrected chi connectivity index (χ1v) is 8.27. The molecule has 2 aliphatic rings. The van der Waals surface area contributed by atoms with Crippen LogP contribution in [-0.2, 0) is 11.2 Å². The maximum Gasteiger partial charge on any atom is 0.223 e. The SMILES string of the molecule is NC1CCCC(C(=O)NC2CCc3c(Br)cccc32)C1. The van der Waals surface area contributed by atoms with E-state index < -0.39 is 0 Å². The Morgan fingerprint density at radius 1 is 1.30 bits per heavy atom. The van der Waals surface area contributed by atoms with Crippen molar-refractivity contribution < 1.29 is 4.79 Å². The molecule has 0 aliphatic heterocycles. The largest absolute Gasteiger partial charge is 0.349 e. The summed E-state index contributed by atoms with van der Waals surface area (Å²) in [5.41, 5.74) is 8.60. The molecule has 3 unspecified atom stereocenters. The zero-order chi connectivity index (χ0) is 14.1. The van der Waals surface area contributed by atoms with Crippen LogP contribution in [0, 0.1) is 5.92 Å².